The lowest BCUT2D eigenvalue weighted by molar-refractivity contribution is -0.0879. The summed E-state index contributed by atoms with van der Waals surface area (Å²) in [5.41, 5.74) is 0. The van der Waals surface area contributed by atoms with E-state index in [1.807, 2.05) is 6.08 Å². The highest BCUT2D eigenvalue weighted by Crippen LogP contribution is 2.21. The molecule has 1 saturated heterocycles. The molecule has 1 heterocycles. The van der Waals surface area contributed by atoms with Crippen LogP contribution in [0.1, 0.15) is 96.8 Å². The minimum Gasteiger partial charge on any atom is -0.394 e. The van der Waals surface area contributed by atoms with Crippen LogP contribution in [0.5, 0.6) is 0 Å². The van der Waals surface area contributed by atoms with Crippen molar-refractivity contribution in [2.24, 2.45) is 0 Å². The Labute approximate surface area is 178 Å². The van der Waals surface area contributed by atoms with E-state index in [-0.39, 0.29) is 6.61 Å². The minimum atomic E-state index is -1.02. The van der Waals surface area contributed by atoms with Gasteiger partial charge in [-0.2, -0.15) is 0 Å². The van der Waals surface area contributed by atoms with Gasteiger partial charge in [-0.15, -0.1) is 0 Å². The number of aliphatic hydroxyl groups is 3. The van der Waals surface area contributed by atoms with Crippen molar-refractivity contribution in [3.8, 4) is 0 Å². The average molecular weight is 415 g/mol. The van der Waals surface area contributed by atoms with Crippen LogP contribution in [0.3, 0.4) is 0 Å². The number of hydrogen-bond acceptors (Lipinski definition) is 5. The molecule has 1 aliphatic heterocycles. The standard InChI is InChI=1S/C24H46O5/c1-2-3-4-5-6-7-8-9-10-11-12-13-14-15-16-17-18-28-24-22(27)20-29-23(24)21(26)19-25/h16-17,21-27H,2-15,18-20H2,1H3/b17-16+/t21-,22+,23-,24-/m1/s1. The summed E-state index contributed by atoms with van der Waals surface area (Å²) in [6.45, 7) is 2.39. The topological polar surface area (TPSA) is 79.2 Å². The lowest BCUT2D eigenvalue weighted by Gasteiger charge is -2.23. The third-order valence-electron chi connectivity index (χ3n) is 5.75. The Morgan fingerprint density at radius 1 is 0.897 bits per heavy atom. The number of rotatable bonds is 19. The van der Waals surface area contributed by atoms with E-state index in [4.69, 9.17) is 14.6 Å². The van der Waals surface area contributed by atoms with Gasteiger partial charge < -0.3 is 24.8 Å². The SMILES string of the molecule is CCCCCCCCCCCCCCC/C=C/CO[C@H]1[C@@H]([C@H](O)CO)OC[C@@H]1O. The third-order valence-corrected chi connectivity index (χ3v) is 5.75. The lowest BCUT2D eigenvalue weighted by Crippen LogP contribution is -2.42. The molecule has 172 valence electrons. The van der Waals surface area contributed by atoms with Crippen molar-refractivity contribution >= 4 is 0 Å². The maximum Gasteiger partial charge on any atom is 0.115 e. The molecule has 0 aromatic carbocycles. The van der Waals surface area contributed by atoms with E-state index in [1.165, 1.54) is 83.5 Å². The first kappa shape index (κ1) is 26.6. The van der Waals surface area contributed by atoms with Gasteiger partial charge in [0, 0.05) is 0 Å². The van der Waals surface area contributed by atoms with Crippen LogP contribution < -0.4 is 0 Å². The monoisotopic (exact) mass is 414 g/mol. The van der Waals surface area contributed by atoms with Gasteiger partial charge in [-0.1, -0.05) is 96.1 Å². The maximum atomic E-state index is 9.87. The summed E-state index contributed by atoms with van der Waals surface area (Å²) in [5, 5.41) is 28.6. The van der Waals surface area contributed by atoms with E-state index < -0.39 is 31.0 Å². The van der Waals surface area contributed by atoms with Crippen molar-refractivity contribution in [1.29, 1.82) is 0 Å². The van der Waals surface area contributed by atoms with Crippen LogP contribution in [-0.2, 0) is 9.47 Å². The molecule has 0 saturated carbocycles. The quantitative estimate of drug-likeness (QED) is 0.214. The molecule has 0 aromatic heterocycles. The molecule has 0 unspecified atom stereocenters. The van der Waals surface area contributed by atoms with E-state index in [0.717, 1.165) is 6.42 Å². The highest BCUT2D eigenvalue weighted by molar-refractivity contribution is 4.91. The van der Waals surface area contributed by atoms with E-state index in [2.05, 4.69) is 13.0 Å². The summed E-state index contributed by atoms with van der Waals surface area (Å²) in [6, 6.07) is 0. The second-order valence-corrected chi connectivity index (χ2v) is 8.42. The normalized spacial score (nSPS) is 23.2. The van der Waals surface area contributed by atoms with Crippen molar-refractivity contribution in [1.82, 2.24) is 0 Å². The molecule has 0 spiro atoms. The van der Waals surface area contributed by atoms with Gasteiger partial charge in [-0.3, -0.25) is 0 Å². The zero-order valence-corrected chi connectivity index (χ0v) is 18.6. The molecule has 0 aliphatic carbocycles. The Morgan fingerprint density at radius 3 is 2.00 bits per heavy atom. The van der Waals surface area contributed by atoms with E-state index in [9.17, 15) is 10.2 Å². The summed E-state index contributed by atoms with van der Waals surface area (Å²) < 4.78 is 10.9. The van der Waals surface area contributed by atoms with Gasteiger partial charge in [0.1, 0.15) is 24.4 Å². The Balaban J connectivity index is 1.88. The van der Waals surface area contributed by atoms with Gasteiger partial charge >= 0.3 is 0 Å². The Hall–Kier alpha value is -0.460. The molecule has 0 amide bonds. The summed E-state index contributed by atoms with van der Waals surface area (Å²) >= 11 is 0. The van der Waals surface area contributed by atoms with Crippen LogP contribution >= 0.6 is 0 Å². The number of ether oxygens (including phenoxy) is 2. The number of aliphatic hydroxyl groups excluding tert-OH is 3. The largest absolute Gasteiger partial charge is 0.394 e. The Morgan fingerprint density at radius 2 is 1.45 bits per heavy atom. The van der Waals surface area contributed by atoms with Gasteiger partial charge in [0.15, 0.2) is 0 Å². The molecule has 3 N–H and O–H groups in total. The van der Waals surface area contributed by atoms with Crippen LogP contribution in [0.2, 0.25) is 0 Å². The first-order valence-corrected chi connectivity index (χ1v) is 12.1. The molecule has 29 heavy (non-hydrogen) atoms. The minimum absolute atomic E-state index is 0.134. The molecular formula is C24H46O5. The van der Waals surface area contributed by atoms with Crippen LogP contribution in [-0.4, -0.2) is 59.6 Å². The van der Waals surface area contributed by atoms with Crippen LogP contribution in [0.4, 0.5) is 0 Å². The molecule has 0 radical (unpaired) electrons. The van der Waals surface area contributed by atoms with Crippen LogP contribution in [0.25, 0.3) is 0 Å². The van der Waals surface area contributed by atoms with Crippen molar-refractivity contribution in [2.75, 3.05) is 19.8 Å². The smallest absolute Gasteiger partial charge is 0.115 e. The fraction of sp³-hybridized carbons (Fsp3) is 0.917. The molecule has 4 atom stereocenters. The van der Waals surface area contributed by atoms with Gasteiger partial charge in [-0.25, -0.2) is 0 Å². The molecule has 5 heteroatoms. The maximum absolute atomic E-state index is 9.87. The molecular weight excluding hydrogens is 368 g/mol. The predicted octanol–water partition coefficient (Wildman–Crippen LogP) is 4.52. The molecule has 0 aromatic rings. The summed E-state index contributed by atoms with van der Waals surface area (Å²) in [5.74, 6) is 0. The fourth-order valence-corrected chi connectivity index (χ4v) is 3.89. The molecule has 1 aliphatic rings. The summed E-state index contributed by atoms with van der Waals surface area (Å²) in [7, 11) is 0. The van der Waals surface area contributed by atoms with E-state index in [0.29, 0.717) is 6.61 Å². The molecule has 5 nitrogen and oxygen atoms in total. The molecule has 0 bridgehead atoms. The first-order valence-electron chi connectivity index (χ1n) is 12.1. The second-order valence-electron chi connectivity index (χ2n) is 8.42. The molecule has 1 fully saturated rings. The van der Waals surface area contributed by atoms with Gasteiger partial charge in [0.25, 0.3) is 0 Å². The fourth-order valence-electron chi connectivity index (χ4n) is 3.89. The Bertz CT molecular complexity index is 387. The zero-order valence-electron chi connectivity index (χ0n) is 18.6. The van der Waals surface area contributed by atoms with Crippen LogP contribution in [0.15, 0.2) is 12.2 Å². The summed E-state index contributed by atoms with van der Waals surface area (Å²) in [6.07, 6.45) is 19.9. The third kappa shape index (κ3) is 12.7. The van der Waals surface area contributed by atoms with Gasteiger partial charge in [0.2, 0.25) is 0 Å². The van der Waals surface area contributed by atoms with E-state index >= 15 is 0 Å². The highest BCUT2D eigenvalue weighted by Gasteiger charge is 2.40. The predicted molar refractivity (Wildman–Crippen MR) is 118 cm³/mol. The van der Waals surface area contributed by atoms with Gasteiger partial charge in [-0.05, 0) is 12.8 Å². The zero-order chi connectivity index (χ0) is 21.2. The van der Waals surface area contributed by atoms with Gasteiger partial charge in [0.05, 0.1) is 19.8 Å². The number of unbranched alkanes of at least 4 members (excludes halogenated alkanes) is 13. The average Bonchev–Trinajstić information content (AvgIpc) is 3.10. The van der Waals surface area contributed by atoms with Crippen molar-refractivity contribution in [2.45, 2.75) is 121 Å². The first-order chi connectivity index (χ1) is 14.2. The highest BCUT2D eigenvalue weighted by atomic mass is 16.6. The molecule has 1 rings (SSSR count). The van der Waals surface area contributed by atoms with Crippen molar-refractivity contribution in [3.05, 3.63) is 12.2 Å². The van der Waals surface area contributed by atoms with Crippen molar-refractivity contribution in [3.63, 3.8) is 0 Å². The second kappa shape index (κ2) is 18.3. The van der Waals surface area contributed by atoms with E-state index in [1.54, 1.807) is 0 Å². The van der Waals surface area contributed by atoms with Crippen molar-refractivity contribution < 1.29 is 24.8 Å². The van der Waals surface area contributed by atoms with Crippen LogP contribution in [0, 0.1) is 0 Å². The number of hydrogen-bond donors (Lipinski definition) is 3. The summed E-state index contributed by atoms with van der Waals surface area (Å²) in [4.78, 5) is 0. The Kier molecular flexibility index (Phi) is 16.8. The number of allylic oxidation sites excluding steroid dienone is 1. The lowest BCUT2D eigenvalue weighted by atomic mass is 10.0.